The van der Waals surface area contributed by atoms with Crippen LogP contribution in [0, 0.1) is 0 Å². The number of benzene rings is 1. The van der Waals surface area contributed by atoms with Crippen LogP contribution in [0.25, 0.3) is 0 Å². The lowest BCUT2D eigenvalue weighted by atomic mass is 10.2. The van der Waals surface area contributed by atoms with Gasteiger partial charge in [-0.15, -0.1) is 0 Å². The first-order chi connectivity index (χ1) is 11.0. The second-order valence-electron chi connectivity index (χ2n) is 4.79. The molecule has 0 atom stereocenters. The summed E-state index contributed by atoms with van der Waals surface area (Å²) in [5, 5.41) is 3.16. The third-order valence-corrected chi connectivity index (χ3v) is 3.33. The maximum Gasteiger partial charge on any atom is 0.254 e. The van der Waals surface area contributed by atoms with Gasteiger partial charge in [-0.3, -0.25) is 14.6 Å². The number of anilines is 1. The van der Waals surface area contributed by atoms with E-state index in [1.165, 1.54) is 24.4 Å². The summed E-state index contributed by atoms with van der Waals surface area (Å²) in [5.74, 6) is -0.123. The third-order valence-electron chi connectivity index (χ3n) is 3.09. The van der Waals surface area contributed by atoms with Crippen LogP contribution in [0.15, 0.2) is 42.7 Å². The van der Waals surface area contributed by atoms with Gasteiger partial charge in [0, 0.05) is 30.0 Å². The van der Waals surface area contributed by atoms with Crippen molar-refractivity contribution in [2.75, 3.05) is 26.0 Å². The summed E-state index contributed by atoms with van der Waals surface area (Å²) in [6, 6.07) is 8.09. The highest BCUT2D eigenvalue weighted by Crippen LogP contribution is 2.27. The van der Waals surface area contributed by atoms with Gasteiger partial charge in [-0.05, 0) is 30.3 Å². The molecule has 0 unspecified atom stereocenters. The molecule has 0 aliphatic rings. The van der Waals surface area contributed by atoms with E-state index < -0.39 is 0 Å². The Balaban J connectivity index is 2.02. The van der Waals surface area contributed by atoms with Gasteiger partial charge in [-0.25, -0.2) is 0 Å². The average molecular weight is 334 g/mol. The lowest BCUT2D eigenvalue weighted by Crippen LogP contribution is -2.35. The molecule has 1 aromatic carbocycles. The zero-order chi connectivity index (χ0) is 16.8. The van der Waals surface area contributed by atoms with Crippen LogP contribution in [0.1, 0.15) is 10.4 Å². The average Bonchev–Trinajstić information content (AvgIpc) is 2.55. The Hall–Kier alpha value is -2.60. The molecule has 7 heteroatoms. The number of aromatic nitrogens is 1. The monoisotopic (exact) mass is 333 g/mol. The molecular weight excluding hydrogens is 318 g/mol. The second kappa shape index (κ2) is 7.60. The predicted molar refractivity (Wildman–Crippen MR) is 87.8 cm³/mol. The fraction of sp³-hybridized carbons (Fsp3) is 0.188. The summed E-state index contributed by atoms with van der Waals surface area (Å²) < 4.78 is 5.16. The van der Waals surface area contributed by atoms with Crippen LogP contribution >= 0.6 is 11.6 Å². The van der Waals surface area contributed by atoms with E-state index in [1.54, 1.807) is 37.4 Å². The number of nitrogens with zero attached hydrogens (tertiary/aromatic N) is 2. The van der Waals surface area contributed by atoms with Crippen LogP contribution in [0.2, 0.25) is 5.02 Å². The number of halogens is 1. The highest BCUT2D eigenvalue weighted by molar-refractivity contribution is 6.31. The number of carbonyl (C=O) groups is 2. The van der Waals surface area contributed by atoms with Crippen molar-refractivity contribution in [2.45, 2.75) is 0 Å². The first kappa shape index (κ1) is 16.8. The highest BCUT2D eigenvalue weighted by atomic mass is 35.5. The van der Waals surface area contributed by atoms with E-state index in [2.05, 4.69) is 10.3 Å². The van der Waals surface area contributed by atoms with Gasteiger partial charge in [0.15, 0.2) is 0 Å². The summed E-state index contributed by atoms with van der Waals surface area (Å²) in [4.78, 5) is 29.5. The van der Waals surface area contributed by atoms with Gasteiger partial charge in [0.2, 0.25) is 5.91 Å². The van der Waals surface area contributed by atoms with E-state index in [0.29, 0.717) is 22.0 Å². The van der Waals surface area contributed by atoms with Crippen molar-refractivity contribution < 1.29 is 14.3 Å². The summed E-state index contributed by atoms with van der Waals surface area (Å²) in [6.07, 6.45) is 3.05. The molecule has 0 aliphatic heterocycles. The molecule has 2 rings (SSSR count). The molecule has 23 heavy (non-hydrogen) atoms. The highest BCUT2D eigenvalue weighted by Gasteiger charge is 2.16. The molecule has 0 bridgehead atoms. The minimum Gasteiger partial charge on any atom is -0.495 e. The van der Waals surface area contributed by atoms with E-state index in [0.717, 1.165) is 0 Å². The summed E-state index contributed by atoms with van der Waals surface area (Å²) in [5.41, 5.74) is 0.922. The topological polar surface area (TPSA) is 71.5 Å². The van der Waals surface area contributed by atoms with Crippen molar-refractivity contribution in [1.82, 2.24) is 9.88 Å². The van der Waals surface area contributed by atoms with Crippen molar-refractivity contribution in [3.05, 3.63) is 53.3 Å². The predicted octanol–water partition coefficient (Wildman–Crippen LogP) is 2.45. The second-order valence-corrected chi connectivity index (χ2v) is 5.23. The molecule has 1 N–H and O–H groups in total. The van der Waals surface area contributed by atoms with Crippen LogP contribution in [-0.4, -0.2) is 42.4 Å². The van der Waals surface area contributed by atoms with E-state index in [1.807, 2.05) is 0 Å². The minimum absolute atomic E-state index is 0.100. The first-order valence-electron chi connectivity index (χ1n) is 6.80. The van der Waals surface area contributed by atoms with Gasteiger partial charge in [-0.1, -0.05) is 11.6 Å². The van der Waals surface area contributed by atoms with Crippen molar-refractivity contribution in [3.8, 4) is 5.75 Å². The van der Waals surface area contributed by atoms with Crippen LogP contribution in [0.5, 0.6) is 5.75 Å². The third kappa shape index (κ3) is 4.43. The molecule has 0 saturated carbocycles. The molecule has 0 radical (unpaired) electrons. The minimum atomic E-state index is -0.351. The van der Waals surface area contributed by atoms with Crippen molar-refractivity contribution in [3.63, 3.8) is 0 Å². The Morgan fingerprint density at radius 2 is 1.96 bits per heavy atom. The maximum absolute atomic E-state index is 12.2. The number of carbonyl (C=O) groups excluding carboxylic acids is 2. The van der Waals surface area contributed by atoms with Gasteiger partial charge in [0.1, 0.15) is 5.75 Å². The molecule has 0 aliphatic carbocycles. The first-order valence-corrected chi connectivity index (χ1v) is 7.18. The lowest BCUT2D eigenvalue weighted by molar-refractivity contribution is -0.116. The molecule has 2 amide bonds. The molecule has 120 valence electrons. The number of ether oxygens (including phenoxy) is 1. The Morgan fingerprint density at radius 3 is 2.61 bits per heavy atom. The largest absolute Gasteiger partial charge is 0.495 e. The molecular formula is C16H16ClN3O3. The molecule has 0 fully saturated rings. The fourth-order valence-corrected chi connectivity index (χ4v) is 2.14. The number of hydrogen-bond donors (Lipinski definition) is 1. The SMILES string of the molecule is COc1ccc(Cl)cc1NC(=O)CN(C)C(=O)c1ccncc1. The Labute approximate surface area is 139 Å². The Morgan fingerprint density at radius 1 is 1.26 bits per heavy atom. The number of nitrogens with one attached hydrogen (secondary N) is 1. The zero-order valence-electron chi connectivity index (χ0n) is 12.7. The van der Waals surface area contributed by atoms with Gasteiger partial charge < -0.3 is 15.0 Å². The van der Waals surface area contributed by atoms with E-state index >= 15 is 0 Å². The molecule has 1 heterocycles. The Bertz CT molecular complexity index is 707. The van der Waals surface area contributed by atoms with Crippen LogP contribution in [0.3, 0.4) is 0 Å². The fourth-order valence-electron chi connectivity index (χ4n) is 1.97. The van der Waals surface area contributed by atoms with Gasteiger partial charge >= 0.3 is 0 Å². The van der Waals surface area contributed by atoms with Crippen molar-refractivity contribution in [2.24, 2.45) is 0 Å². The van der Waals surface area contributed by atoms with Gasteiger partial charge in [0.25, 0.3) is 5.91 Å². The van der Waals surface area contributed by atoms with Crippen LogP contribution in [0.4, 0.5) is 5.69 Å². The number of likely N-dealkylation sites (N-methyl/N-ethyl adjacent to an activating group) is 1. The van der Waals surface area contributed by atoms with E-state index in [4.69, 9.17) is 16.3 Å². The van der Waals surface area contributed by atoms with E-state index in [-0.39, 0.29) is 18.4 Å². The quantitative estimate of drug-likeness (QED) is 0.912. The van der Waals surface area contributed by atoms with Gasteiger partial charge in [-0.2, -0.15) is 0 Å². The summed E-state index contributed by atoms with van der Waals surface area (Å²) in [7, 11) is 3.05. The number of rotatable bonds is 5. The summed E-state index contributed by atoms with van der Waals surface area (Å²) >= 11 is 5.92. The lowest BCUT2D eigenvalue weighted by Gasteiger charge is -2.17. The molecule has 6 nitrogen and oxygen atoms in total. The van der Waals surface area contributed by atoms with Gasteiger partial charge in [0.05, 0.1) is 19.3 Å². The molecule has 0 saturated heterocycles. The normalized spacial score (nSPS) is 10.0. The van der Waals surface area contributed by atoms with E-state index in [9.17, 15) is 9.59 Å². The van der Waals surface area contributed by atoms with Crippen molar-refractivity contribution >= 4 is 29.1 Å². The maximum atomic E-state index is 12.2. The molecule has 1 aromatic heterocycles. The smallest absolute Gasteiger partial charge is 0.254 e. The molecule has 0 spiro atoms. The van der Waals surface area contributed by atoms with Crippen molar-refractivity contribution in [1.29, 1.82) is 0 Å². The number of amides is 2. The van der Waals surface area contributed by atoms with Crippen LogP contribution in [-0.2, 0) is 4.79 Å². The zero-order valence-corrected chi connectivity index (χ0v) is 13.5. The van der Waals surface area contributed by atoms with Crippen LogP contribution < -0.4 is 10.1 Å². The summed E-state index contributed by atoms with van der Waals surface area (Å²) in [6.45, 7) is -0.100. The molecule has 2 aromatic rings. The standard InChI is InChI=1S/C16H16ClN3O3/c1-20(16(22)11-5-7-18-8-6-11)10-15(21)19-13-9-12(17)3-4-14(13)23-2/h3-9H,10H2,1-2H3,(H,19,21). The number of hydrogen-bond acceptors (Lipinski definition) is 4. The number of pyridine rings is 1. The Kier molecular flexibility index (Phi) is 5.54. The number of methoxy groups -OCH3 is 1.